The van der Waals surface area contributed by atoms with E-state index in [4.69, 9.17) is 0 Å². The molecule has 1 aromatic carbocycles. The molecule has 0 saturated heterocycles. The molecular weight excluding hydrogens is 196 g/mol. The van der Waals surface area contributed by atoms with E-state index in [1.807, 2.05) is 24.5 Å². The molecule has 2 nitrogen and oxygen atoms in total. The Labute approximate surface area is 94.0 Å². The number of pyridine rings is 1. The van der Waals surface area contributed by atoms with Gasteiger partial charge in [0.1, 0.15) is 0 Å². The summed E-state index contributed by atoms with van der Waals surface area (Å²) in [5, 5.41) is 1.29. The van der Waals surface area contributed by atoms with Gasteiger partial charge in [-0.05, 0) is 30.7 Å². The van der Waals surface area contributed by atoms with E-state index in [1.165, 1.54) is 27.7 Å². The van der Waals surface area contributed by atoms with E-state index >= 15 is 0 Å². The van der Waals surface area contributed by atoms with Crippen LogP contribution in [0.5, 0.6) is 0 Å². The van der Waals surface area contributed by atoms with Gasteiger partial charge < -0.3 is 4.98 Å². The Bertz CT molecular complexity index is 624. The van der Waals surface area contributed by atoms with Crippen LogP contribution in [0.1, 0.15) is 5.56 Å². The van der Waals surface area contributed by atoms with Crippen molar-refractivity contribution in [3.05, 3.63) is 54.4 Å². The van der Waals surface area contributed by atoms with Crippen molar-refractivity contribution in [1.82, 2.24) is 9.97 Å². The predicted octanol–water partition coefficient (Wildman–Crippen LogP) is 3.54. The molecule has 0 aliphatic rings. The van der Waals surface area contributed by atoms with Crippen molar-refractivity contribution in [2.75, 3.05) is 0 Å². The zero-order valence-electron chi connectivity index (χ0n) is 9.07. The summed E-state index contributed by atoms with van der Waals surface area (Å²) in [6.07, 6.45) is 3.64. The number of nitrogens with zero attached hydrogens (tertiary/aromatic N) is 1. The maximum atomic E-state index is 4.04. The molecule has 3 rings (SSSR count). The Morgan fingerprint density at radius 1 is 1.00 bits per heavy atom. The van der Waals surface area contributed by atoms with E-state index in [2.05, 4.69) is 41.2 Å². The first-order chi connectivity index (χ1) is 7.86. The Morgan fingerprint density at radius 3 is 2.50 bits per heavy atom. The van der Waals surface area contributed by atoms with E-state index in [0.29, 0.717) is 0 Å². The number of aromatic nitrogens is 2. The van der Waals surface area contributed by atoms with Crippen LogP contribution >= 0.6 is 0 Å². The van der Waals surface area contributed by atoms with Crippen molar-refractivity contribution < 1.29 is 0 Å². The number of aromatic amines is 1. The van der Waals surface area contributed by atoms with Gasteiger partial charge in [0.15, 0.2) is 0 Å². The van der Waals surface area contributed by atoms with Crippen molar-refractivity contribution in [3.63, 3.8) is 0 Å². The lowest BCUT2D eigenvalue weighted by Crippen LogP contribution is -1.80. The lowest BCUT2D eigenvalue weighted by atomic mass is 10.1. The number of aryl methyl sites for hydroxylation is 1. The molecule has 0 bridgehead atoms. The minimum absolute atomic E-state index is 1.18. The summed E-state index contributed by atoms with van der Waals surface area (Å²) < 4.78 is 0. The zero-order chi connectivity index (χ0) is 11.0. The van der Waals surface area contributed by atoms with Crippen LogP contribution in [0.4, 0.5) is 0 Å². The average molecular weight is 208 g/mol. The zero-order valence-corrected chi connectivity index (χ0v) is 9.07. The quantitative estimate of drug-likeness (QED) is 0.651. The molecule has 0 aliphatic heterocycles. The Hall–Kier alpha value is -2.09. The number of para-hydroxylation sites is 1. The molecule has 0 saturated carbocycles. The van der Waals surface area contributed by atoms with Gasteiger partial charge in [0.2, 0.25) is 0 Å². The van der Waals surface area contributed by atoms with Gasteiger partial charge in [0.25, 0.3) is 0 Å². The highest BCUT2D eigenvalue weighted by molar-refractivity contribution is 5.90. The van der Waals surface area contributed by atoms with Crippen molar-refractivity contribution in [2.45, 2.75) is 6.92 Å². The van der Waals surface area contributed by atoms with Crippen LogP contribution in [0.3, 0.4) is 0 Å². The summed E-state index contributed by atoms with van der Waals surface area (Å²) in [6, 6.07) is 12.4. The number of hydrogen-bond acceptors (Lipinski definition) is 1. The predicted molar refractivity (Wildman–Crippen MR) is 66.3 cm³/mol. The van der Waals surface area contributed by atoms with E-state index < -0.39 is 0 Å². The summed E-state index contributed by atoms with van der Waals surface area (Å²) >= 11 is 0. The number of H-pyrrole nitrogens is 1. The number of benzene rings is 1. The van der Waals surface area contributed by atoms with Gasteiger partial charge in [0.05, 0.1) is 0 Å². The van der Waals surface area contributed by atoms with Crippen LogP contribution in [-0.4, -0.2) is 9.97 Å². The standard InChI is InChI=1S/C14H12N2/c1-10-12-4-2-3-5-13(12)16-14(10)11-6-8-15-9-7-11/h2-9,16H,1H3. The fraction of sp³-hybridized carbons (Fsp3) is 0.0714. The molecule has 0 unspecified atom stereocenters. The molecule has 1 N–H and O–H groups in total. The summed E-state index contributed by atoms with van der Waals surface area (Å²) in [5.41, 5.74) is 4.85. The van der Waals surface area contributed by atoms with Crippen molar-refractivity contribution >= 4 is 10.9 Å². The Kier molecular flexibility index (Phi) is 2.00. The third kappa shape index (κ3) is 1.31. The molecule has 0 fully saturated rings. The fourth-order valence-electron chi connectivity index (χ4n) is 2.09. The van der Waals surface area contributed by atoms with Crippen molar-refractivity contribution in [1.29, 1.82) is 0 Å². The third-order valence-electron chi connectivity index (χ3n) is 2.93. The van der Waals surface area contributed by atoms with Gasteiger partial charge in [0, 0.05) is 34.6 Å². The summed E-state index contributed by atoms with van der Waals surface area (Å²) in [6.45, 7) is 2.15. The van der Waals surface area contributed by atoms with Crippen LogP contribution in [0.2, 0.25) is 0 Å². The average Bonchev–Trinajstić information content (AvgIpc) is 2.69. The maximum absolute atomic E-state index is 4.04. The first-order valence-electron chi connectivity index (χ1n) is 5.34. The first-order valence-corrected chi connectivity index (χ1v) is 5.34. The Balaban J connectivity index is 2.29. The third-order valence-corrected chi connectivity index (χ3v) is 2.93. The molecular formula is C14H12N2. The highest BCUT2D eigenvalue weighted by atomic mass is 14.7. The fourth-order valence-corrected chi connectivity index (χ4v) is 2.09. The van der Waals surface area contributed by atoms with Gasteiger partial charge in [-0.15, -0.1) is 0 Å². The van der Waals surface area contributed by atoms with Crippen LogP contribution < -0.4 is 0 Å². The smallest absolute Gasteiger partial charge is 0.0495 e. The topological polar surface area (TPSA) is 28.7 Å². The summed E-state index contributed by atoms with van der Waals surface area (Å²) in [4.78, 5) is 7.49. The molecule has 78 valence electrons. The lowest BCUT2D eigenvalue weighted by Gasteiger charge is -1.98. The molecule has 2 heteroatoms. The highest BCUT2D eigenvalue weighted by Gasteiger charge is 2.07. The van der Waals surface area contributed by atoms with E-state index in [-0.39, 0.29) is 0 Å². The van der Waals surface area contributed by atoms with Crippen molar-refractivity contribution in [3.8, 4) is 11.3 Å². The molecule has 0 amide bonds. The van der Waals surface area contributed by atoms with Gasteiger partial charge >= 0.3 is 0 Å². The van der Waals surface area contributed by atoms with Crippen LogP contribution in [-0.2, 0) is 0 Å². The number of hydrogen-bond donors (Lipinski definition) is 1. The molecule has 3 aromatic rings. The molecule has 2 aromatic heterocycles. The molecule has 0 atom stereocenters. The number of rotatable bonds is 1. The SMILES string of the molecule is Cc1c(-c2ccncc2)[nH]c2ccccc12. The second-order valence-electron chi connectivity index (χ2n) is 3.91. The summed E-state index contributed by atoms with van der Waals surface area (Å²) in [7, 11) is 0. The number of fused-ring (bicyclic) bond motifs is 1. The normalized spacial score (nSPS) is 10.8. The van der Waals surface area contributed by atoms with Crippen LogP contribution in [0.15, 0.2) is 48.8 Å². The van der Waals surface area contributed by atoms with Gasteiger partial charge in [-0.2, -0.15) is 0 Å². The molecule has 0 spiro atoms. The minimum Gasteiger partial charge on any atom is -0.354 e. The molecule has 2 heterocycles. The Morgan fingerprint density at radius 2 is 1.75 bits per heavy atom. The van der Waals surface area contributed by atoms with Crippen molar-refractivity contribution in [2.24, 2.45) is 0 Å². The molecule has 0 aliphatic carbocycles. The van der Waals surface area contributed by atoms with Gasteiger partial charge in [-0.1, -0.05) is 18.2 Å². The largest absolute Gasteiger partial charge is 0.354 e. The van der Waals surface area contributed by atoms with Gasteiger partial charge in [-0.25, -0.2) is 0 Å². The second kappa shape index (κ2) is 3.49. The first kappa shape index (κ1) is 9.16. The highest BCUT2D eigenvalue weighted by Crippen LogP contribution is 2.28. The summed E-state index contributed by atoms with van der Waals surface area (Å²) in [5.74, 6) is 0. The van der Waals surface area contributed by atoms with Crippen LogP contribution in [0, 0.1) is 6.92 Å². The van der Waals surface area contributed by atoms with E-state index in [1.54, 1.807) is 0 Å². The molecule has 0 radical (unpaired) electrons. The van der Waals surface area contributed by atoms with Crippen LogP contribution in [0.25, 0.3) is 22.2 Å². The van der Waals surface area contributed by atoms with Gasteiger partial charge in [-0.3, -0.25) is 4.98 Å². The molecule has 16 heavy (non-hydrogen) atoms. The maximum Gasteiger partial charge on any atom is 0.0495 e. The second-order valence-corrected chi connectivity index (χ2v) is 3.91. The monoisotopic (exact) mass is 208 g/mol. The lowest BCUT2D eigenvalue weighted by molar-refractivity contribution is 1.31. The minimum atomic E-state index is 1.18. The van der Waals surface area contributed by atoms with E-state index in [9.17, 15) is 0 Å². The number of nitrogens with one attached hydrogen (secondary N) is 1. The van der Waals surface area contributed by atoms with E-state index in [0.717, 1.165) is 0 Å².